The molecule has 1 aromatic carbocycles. The summed E-state index contributed by atoms with van der Waals surface area (Å²) < 4.78 is 32.9. The van der Waals surface area contributed by atoms with Gasteiger partial charge in [0, 0.05) is 12.1 Å². The molecule has 0 bridgehead atoms. The van der Waals surface area contributed by atoms with Gasteiger partial charge in [-0.05, 0) is 31.4 Å². The summed E-state index contributed by atoms with van der Waals surface area (Å²) in [5, 5.41) is 6.36. The molecule has 3 N–H and O–H groups in total. The lowest BCUT2D eigenvalue weighted by Crippen LogP contribution is -2.52. The van der Waals surface area contributed by atoms with Crippen molar-refractivity contribution in [3.05, 3.63) is 52.9 Å². The Labute approximate surface area is 125 Å². The fourth-order valence-electron chi connectivity index (χ4n) is 2.80. The van der Waals surface area contributed by atoms with E-state index in [0.717, 1.165) is 6.42 Å². The lowest BCUT2D eigenvalue weighted by molar-refractivity contribution is 0.0810. The van der Waals surface area contributed by atoms with E-state index >= 15 is 0 Å². The van der Waals surface area contributed by atoms with Gasteiger partial charge in [0.1, 0.15) is 29.2 Å². The molecule has 1 fully saturated rings. The predicted molar refractivity (Wildman–Crippen MR) is 73.7 cm³/mol. The first-order valence-electron chi connectivity index (χ1n) is 6.98. The number of aromatic nitrogens is 1. The Morgan fingerprint density at radius 2 is 2.05 bits per heavy atom. The summed E-state index contributed by atoms with van der Waals surface area (Å²) in [4.78, 5) is 12.4. The zero-order chi connectivity index (χ0) is 15.7. The fraction of sp³-hybridized carbons (Fsp3) is 0.333. The highest BCUT2D eigenvalue weighted by Crippen LogP contribution is 2.43. The van der Waals surface area contributed by atoms with E-state index in [4.69, 9.17) is 10.3 Å². The van der Waals surface area contributed by atoms with E-state index in [9.17, 15) is 13.6 Å². The molecule has 1 aliphatic rings. The third-order valence-corrected chi connectivity index (χ3v) is 4.08. The summed E-state index contributed by atoms with van der Waals surface area (Å²) in [5.41, 5.74) is 4.84. The van der Waals surface area contributed by atoms with Crippen molar-refractivity contribution in [1.29, 1.82) is 0 Å². The topological polar surface area (TPSA) is 81.2 Å². The first-order chi connectivity index (χ1) is 10.6. The predicted octanol–water partition coefficient (Wildman–Crippen LogP) is 2.22. The number of nitrogens with one attached hydrogen (secondary N) is 1. The second-order valence-corrected chi connectivity index (χ2v) is 5.37. The normalized spacial score (nSPS) is 16.1. The minimum Gasteiger partial charge on any atom is -0.364 e. The Morgan fingerprint density at radius 3 is 2.59 bits per heavy atom. The zero-order valence-electron chi connectivity index (χ0n) is 11.7. The van der Waals surface area contributed by atoms with Gasteiger partial charge in [0.15, 0.2) is 0 Å². The number of hydrogen-bond acceptors (Lipinski definition) is 4. The van der Waals surface area contributed by atoms with Gasteiger partial charge in [-0.2, -0.15) is 0 Å². The summed E-state index contributed by atoms with van der Waals surface area (Å²) in [6, 6.07) is 3.68. The highest BCUT2D eigenvalue weighted by molar-refractivity contribution is 5.95. The molecule has 22 heavy (non-hydrogen) atoms. The minimum atomic E-state index is -1.03. The Morgan fingerprint density at radius 1 is 1.36 bits per heavy atom. The van der Waals surface area contributed by atoms with Crippen molar-refractivity contribution < 1.29 is 18.1 Å². The summed E-state index contributed by atoms with van der Waals surface area (Å²) in [6.45, 7) is 0.0420. The quantitative estimate of drug-likeness (QED) is 0.907. The average Bonchev–Trinajstić information content (AvgIpc) is 2.92. The van der Waals surface area contributed by atoms with E-state index in [1.165, 1.54) is 24.5 Å². The lowest BCUT2D eigenvalue weighted by atomic mass is 9.71. The van der Waals surface area contributed by atoms with Crippen LogP contribution in [0.5, 0.6) is 0 Å². The number of nitrogens with zero attached hydrogens (tertiary/aromatic N) is 1. The largest absolute Gasteiger partial charge is 0.364 e. The van der Waals surface area contributed by atoms with Gasteiger partial charge in [0.2, 0.25) is 0 Å². The highest BCUT2D eigenvalue weighted by atomic mass is 19.1. The first kappa shape index (κ1) is 14.6. The van der Waals surface area contributed by atoms with E-state index in [1.807, 2.05) is 0 Å². The van der Waals surface area contributed by atoms with Crippen LogP contribution in [0.4, 0.5) is 8.78 Å². The van der Waals surface area contributed by atoms with Crippen LogP contribution in [0.1, 0.15) is 40.9 Å². The van der Waals surface area contributed by atoms with E-state index in [0.29, 0.717) is 18.5 Å². The maximum atomic E-state index is 14.1. The Bertz CT molecular complexity index is 690. The van der Waals surface area contributed by atoms with Gasteiger partial charge in [-0.3, -0.25) is 4.79 Å². The number of carbonyl (C=O) groups is 1. The molecule has 116 valence electrons. The van der Waals surface area contributed by atoms with Gasteiger partial charge >= 0.3 is 0 Å². The van der Waals surface area contributed by atoms with Crippen LogP contribution in [0, 0.1) is 11.6 Å². The van der Waals surface area contributed by atoms with Crippen LogP contribution in [-0.2, 0) is 12.1 Å². The second-order valence-electron chi connectivity index (χ2n) is 5.37. The first-order valence-corrected chi connectivity index (χ1v) is 6.98. The maximum absolute atomic E-state index is 14.1. The molecule has 3 rings (SSSR count). The SMILES string of the molecule is NCc1nocc1C(=O)NC1(c2c(F)cccc2F)CCC1. The Balaban J connectivity index is 1.93. The molecule has 0 saturated heterocycles. The van der Waals surface area contributed by atoms with E-state index in [2.05, 4.69) is 10.5 Å². The van der Waals surface area contributed by atoms with Crippen molar-refractivity contribution in [1.82, 2.24) is 10.5 Å². The van der Waals surface area contributed by atoms with Gasteiger partial charge in [0.25, 0.3) is 5.91 Å². The molecule has 1 saturated carbocycles. The van der Waals surface area contributed by atoms with E-state index in [-0.39, 0.29) is 17.7 Å². The molecule has 5 nitrogen and oxygen atoms in total. The molecule has 0 atom stereocenters. The number of nitrogens with two attached hydrogens (primary N) is 1. The van der Waals surface area contributed by atoms with Crippen LogP contribution in [0.15, 0.2) is 29.0 Å². The molecule has 1 aliphatic carbocycles. The number of rotatable bonds is 4. The van der Waals surface area contributed by atoms with Gasteiger partial charge in [-0.15, -0.1) is 0 Å². The summed E-state index contributed by atoms with van der Waals surface area (Å²) in [7, 11) is 0. The van der Waals surface area contributed by atoms with Crippen molar-refractivity contribution in [2.75, 3.05) is 0 Å². The number of amides is 1. The molecule has 1 amide bonds. The lowest BCUT2D eigenvalue weighted by Gasteiger charge is -2.43. The Kier molecular flexibility index (Phi) is 3.66. The molecule has 0 unspecified atom stereocenters. The minimum absolute atomic E-state index is 0.0420. The monoisotopic (exact) mass is 307 g/mol. The number of benzene rings is 1. The summed E-state index contributed by atoms with van der Waals surface area (Å²) in [6.07, 6.45) is 2.91. The van der Waals surface area contributed by atoms with Crippen molar-refractivity contribution in [3.8, 4) is 0 Å². The number of carbonyl (C=O) groups excluding carboxylic acids is 1. The van der Waals surface area contributed by atoms with E-state index < -0.39 is 23.1 Å². The molecule has 0 radical (unpaired) electrons. The molecule has 1 aromatic heterocycles. The molecule has 2 aromatic rings. The van der Waals surface area contributed by atoms with Crippen LogP contribution in [0.25, 0.3) is 0 Å². The molecule has 1 heterocycles. The van der Waals surface area contributed by atoms with Crippen LogP contribution >= 0.6 is 0 Å². The number of halogens is 2. The van der Waals surface area contributed by atoms with Crippen LogP contribution in [0.2, 0.25) is 0 Å². The number of hydrogen-bond donors (Lipinski definition) is 2. The summed E-state index contributed by atoms with van der Waals surface area (Å²) in [5.74, 6) is -1.82. The van der Waals surface area contributed by atoms with Crippen molar-refractivity contribution in [2.45, 2.75) is 31.3 Å². The smallest absolute Gasteiger partial charge is 0.257 e. The molecule has 0 aliphatic heterocycles. The second kappa shape index (κ2) is 5.49. The maximum Gasteiger partial charge on any atom is 0.257 e. The highest BCUT2D eigenvalue weighted by Gasteiger charge is 2.44. The Hall–Kier alpha value is -2.28. The van der Waals surface area contributed by atoms with Crippen molar-refractivity contribution in [2.24, 2.45) is 5.73 Å². The van der Waals surface area contributed by atoms with Gasteiger partial charge in [-0.1, -0.05) is 11.2 Å². The van der Waals surface area contributed by atoms with Crippen molar-refractivity contribution in [3.63, 3.8) is 0 Å². The van der Waals surface area contributed by atoms with Crippen LogP contribution in [0.3, 0.4) is 0 Å². The average molecular weight is 307 g/mol. The van der Waals surface area contributed by atoms with Crippen LogP contribution < -0.4 is 11.1 Å². The van der Waals surface area contributed by atoms with Crippen molar-refractivity contribution >= 4 is 5.91 Å². The molecular formula is C15H15F2N3O2. The summed E-state index contributed by atoms with van der Waals surface area (Å²) >= 11 is 0. The molecule has 0 spiro atoms. The molecular weight excluding hydrogens is 292 g/mol. The zero-order valence-corrected chi connectivity index (χ0v) is 11.7. The third-order valence-electron chi connectivity index (χ3n) is 4.08. The fourth-order valence-corrected chi connectivity index (χ4v) is 2.80. The van der Waals surface area contributed by atoms with Gasteiger partial charge < -0.3 is 15.6 Å². The van der Waals surface area contributed by atoms with Gasteiger partial charge in [-0.25, -0.2) is 8.78 Å². The third kappa shape index (κ3) is 2.27. The van der Waals surface area contributed by atoms with Gasteiger partial charge in [0.05, 0.1) is 5.54 Å². The standard InChI is InChI=1S/C15H15F2N3O2/c16-10-3-1-4-11(17)13(10)15(5-2-6-15)19-14(21)9-8-22-20-12(9)7-18/h1,3-4,8H,2,5-7,18H2,(H,19,21). The van der Waals surface area contributed by atoms with E-state index in [1.54, 1.807) is 0 Å². The van der Waals surface area contributed by atoms with Crippen LogP contribution in [-0.4, -0.2) is 11.1 Å². The molecule has 7 heteroatoms.